The molecule has 0 bridgehead atoms. The van der Waals surface area contributed by atoms with Gasteiger partial charge in [-0.3, -0.25) is 4.98 Å². The summed E-state index contributed by atoms with van der Waals surface area (Å²) in [7, 11) is 0. The highest BCUT2D eigenvalue weighted by atomic mass is 32.2. The van der Waals surface area contributed by atoms with Crippen molar-refractivity contribution in [1.29, 1.82) is 0 Å². The lowest BCUT2D eigenvalue weighted by Crippen LogP contribution is -2.41. The van der Waals surface area contributed by atoms with Crippen molar-refractivity contribution in [2.24, 2.45) is 0 Å². The number of thioether (sulfide) groups is 1. The maximum Gasteiger partial charge on any atom is 0.319 e. The molecule has 0 spiro atoms. The Morgan fingerprint density at radius 1 is 1.56 bits per heavy atom. The van der Waals surface area contributed by atoms with Gasteiger partial charge in [-0.05, 0) is 30.7 Å². The zero-order chi connectivity index (χ0) is 12.8. The number of carbonyl (C=O) groups is 1. The predicted molar refractivity (Wildman–Crippen MR) is 76.0 cm³/mol. The Bertz CT molecular complexity index is 385. The van der Waals surface area contributed by atoms with Gasteiger partial charge in [0.2, 0.25) is 0 Å². The molecule has 4 nitrogen and oxygen atoms in total. The van der Waals surface area contributed by atoms with Crippen LogP contribution in [0.4, 0.5) is 10.5 Å². The molecule has 2 amide bonds. The molecular formula is C13H19N3OS. The van der Waals surface area contributed by atoms with Gasteiger partial charge in [0.1, 0.15) is 0 Å². The molecule has 2 N–H and O–H groups in total. The fourth-order valence-corrected chi connectivity index (χ4v) is 3.47. The summed E-state index contributed by atoms with van der Waals surface area (Å²) < 4.78 is 0. The van der Waals surface area contributed by atoms with Crippen LogP contribution in [-0.2, 0) is 0 Å². The van der Waals surface area contributed by atoms with Crippen LogP contribution in [0.3, 0.4) is 0 Å². The van der Waals surface area contributed by atoms with Crippen molar-refractivity contribution < 1.29 is 4.79 Å². The molecule has 5 heteroatoms. The molecule has 1 aliphatic rings. The first-order valence-corrected chi connectivity index (χ1v) is 7.43. The fraction of sp³-hybridized carbons (Fsp3) is 0.538. The molecule has 98 valence electrons. The van der Waals surface area contributed by atoms with Gasteiger partial charge in [-0.1, -0.05) is 13.3 Å². The van der Waals surface area contributed by atoms with E-state index in [4.69, 9.17) is 0 Å². The first-order valence-electron chi connectivity index (χ1n) is 6.38. The first kappa shape index (κ1) is 13.2. The summed E-state index contributed by atoms with van der Waals surface area (Å²) in [6, 6.07) is 3.81. The Morgan fingerprint density at radius 2 is 2.44 bits per heavy atom. The van der Waals surface area contributed by atoms with E-state index in [0.29, 0.717) is 11.3 Å². The monoisotopic (exact) mass is 265 g/mol. The minimum Gasteiger partial charge on any atom is -0.334 e. The van der Waals surface area contributed by atoms with Crippen molar-refractivity contribution >= 4 is 23.5 Å². The van der Waals surface area contributed by atoms with Gasteiger partial charge in [0.15, 0.2) is 0 Å². The maximum absolute atomic E-state index is 11.9. The van der Waals surface area contributed by atoms with Crippen molar-refractivity contribution in [3.63, 3.8) is 0 Å². The highest BCUT2D eigenvalue weighted by molar-refractivity contribution is 7.99. The Kier molecular flexibility index (Phi) is 4.87. The van der Waals surface area contributed by atoms with Crippen LogP contribution >= 0.6 is 11.8 Å². The van der Waals surface area contributed by atoms with Gasteiger partial charge in [-0.25, -0.2) is 4.79 Å². The largest absolute Gasteiger partial charge is 0.334 e. The maximum atomic E-state index is 11.9. The summed E-state index contributed by atoms with van der Waals surface area (Å²) >= 11 is 1.94. The number of hydrogen-bond donors (Lipinski definition) is 2. The van der Waals surface area contributed by atoms with Crippen LogP contribution in [0.2, 0.25) is 0 Å². The Morgan fingerprint density at radius 3 is 3.17 bits per heavy atom. The topological polar surface area (TPSA) is 54.0 Å². The van der Waals surface area contributed by atoms with Gasteiger partial charge >= 0.3 is 6.03 Å². The zero-order valence-corrected chi connectivity index (χ0v) is 11.4. The Labute approximate surface area is 112 Å². The zero-order valence-electron chi connectivity index (χ0n) is 10.6. The summed E-state index contributed by atoms with van der Waals surface area (Å²) in [6.45, 7) is 2.16. The van der Waals surface area contributed by atoms with Gasteiger partial charge in [-0.2, -0.15) is 11.8 Å². The number of hydrogen-bond acceptors (Lipinski definition) is 3. The number of anilines is 1. The summed E-state index contributed by atoms with van der Waals surface area (Å²) in [4.78, 5) is 15.8. The van der Waals surface area contributed by atoms with E-state index in [1.807, 2.05) is 17.8 Å². The van der Waals surface area contributed by atoms with Gasteiger partial charge in [0, 0.05) is 17.5 Å². The standard InChI is InChI=1S/C13H19N3OS/c1-2-18-12-7-3-6-11(12)16-13(17)15-10-5-4-8-14-9-10/h4-5,8-9,11-12H,2-3,6-7H2,1H3,(H2,15,16,17)/t11-,12+/m1/s1. The number of amides is 2. The molecule has 1 aromatic rings. The molecule has 1 fully saturated rings. The van der Waals surface area contributed by atoms with Crippen molar-refractivity contribution in [3.8, 4) is 0 Å². The van der Waals surface area contributed by atoms with E-state index in [-0.39, 0.29) is 6.03 Å². The minimum absolute atomic E-state index is 0.128. The van der Waals surface area contributed by atoms with Crippen LogP contribution in [-0.4, -0.2) is 28.1 Å². The van der Waals surface area contributed by atoms with Crippen LogP contribution in [0.5, 0.6) is 0 Å². The van der Waals surface area contributed by atoms with Crippen LogP contribution in [0.1, 0.15) is 26.2 Å². The number of pyridine rings is 1. The Hall–Kier alpha value is -1.23. The first-order chi connectivity index (χ1) is 8.79. The molecule has 18 heavy (non-hydrogen) atoms. The average Bonchev–Trinajstić information content (AvgIpc) is 2.78. The Balaban J connectivity index is 1.84. The summed E-state index contributed by atoms with van der Waals surface area (Å²) in [5.74, 6) is 1.10. The van der Waals surface area contributed by atoms with Crippen LogP contribution in [0, 0.1) is 0 Å². The molecule has 2 rings (SSSR count). The lowest BCUT2D eigenvalue weighted by atomic mass is 10.2. The van der Waals surface area contributed by atoms with E-state index in [9.17, 15) is 4.79 Å². The van der Waals surface area contributed by atoms with Crippen LogP contribution in [0.15, 0.2) is 24.5 Å². The second-order valence-corrected chi connectivity index (χ2v) is 5.89. The molecule has 1 saturated carbocycles. The average molecular weight is 265 g/mol. The van der Waals surface area contributed by atoms with Crippen molar-refractivity contribution in [3.05, 3.63) is 24.5 Å². The second-order valence-electron chi connectivity index (χ2n) is 4.37. The molecule has 1 aliphatic carbocycles. The van der Waals surface area contributed by atoms with Gasteiger partial charge in [0.25, 0.3) is 0 Å². The molecule has 0 aromatic carbocycles. The van der Waals surface area contributed by atoms with Gasteiger partial charge in [0.05, 0.1) is 11.9 Å². The van der Waals surface area contributed by atoms with Crippen molar-refractivity contribution in [1.82, 2.24) is 10.3 Å². The number of urea groups is 1. The molecule has 0 radical (unpaired) electrons. The molecule has 0 aliphatic heterocycles. The highest BCUT2D eigenvalue weighted by Gasteiger charge is 2.28. The lowest BCUT2D eigenvalue weighted by Gasteiger charge is -2.20. The lowest BCUT2D eigenvalue weighted by molar-refractivity contribution is 0.249. The molecule has 0 saturated heterocycles. The van der Waals surface area contributed by atoms with E-state index in [0.717, 1.165) is 17.9 Å². The number of aromatic nitrogens is 1. The quantitative estimate of drug-likeness (QED) is 0.880. The third-order valence-corrected chi connectivity index (χ3v) is 4.39. The third kappa shape index (κ3) is 3.63. The van der Waals surface area contributed by atoms with Gasteiger partial charge < -0.3 is 10.6 Å². The predicted octanol–water partition coefficient (Wildman–Crippen LogP) is 2.88. The summed E-state index contributed by atoms with van der Waals surface area (Å²) in [5, 5.41) is 6.44. The molecular weight excluding hydrogens is 246 g/mol. The SMILES string of the molecule is CCS[C@H]1CCC[C@H]1NC(=O)Nc1cccnc1. The summed E-state index contributed by atoms with van der Waals surface area (Å²) in [6.07, 6.45) is 6.82. The van der Waals surface area contributed by atoms with E-state index in [1.54, 1.807) is 18.5 Å². The van der Waals surface area contributed by atoms with E-state index >= 15 is 0 Å². The molecule has 2 atom stereocenters. The second kappa shape index (κ2) is 6.64. The van der Waals surface area contributed by atoms with Crippen molar-refractivity contribution in [2.75, 3.05) is 11.1 Å². The minimum atomic E-state index is -0.128. The van der Waals surface area contributed by atoms with Crippen LogP contribution < -0.4 is 10.6 Å². The van der Waals surface area contributed by atoms with E-state index < -0.39 is 0 Å². The molecule has 1 heterocycles. The molecule has 1 aromatic heterocycles. The normalized spacial score (nSPS) is 22.7. The van der Waals surface area contributed by atoms with E-state index in [1.165, 1.54) is 12.8 Å². The van der Waals surface area contributed by atoms with Crippen LogP contribution in [0.25, 0.3) is 0 Å². The number of carbonyl (C=O) groups excluding carboxylic acids is 1. The highest BCUT2D eigenvalue weighted by Crippen LogP contribution is 2.29. The number of nitrogens with one attached hydrogen (secondary N) is 2. The van der Waals surface area contributed by atoms with E-state index in [2.05, 4.69) is 22.5 Å². The number of rotatable bonds is 4. The van der Waals surface area contributed by atoms with Crippen molar-refractivity contribution in [2.45, 2.75) is 37.5 Å². The fourth-order valence-electron chi connectivity index (χ4n) is 2.28. The molecule has 0 unspecified atom stereocenters. The number of nitrogens with zero attached hydrogens (tertiary/aromatic N) is 1. The van der Waals surface area contributed by atoms with Gasteiger partial charge in [-0.15, -0.1) is 0 Å². The summed E-state index contributed by atoms with van der Waals surface area (Å²) in [5.41, 5.74) is 0.729. The third-order valence-electron chi connectivity index (χ3n) is 3.07. The smallest absolute Gasteiger partial charge is 0.319 e.